The average molecular weight is 217 g/mol. The molecule has 0 aromatic heterocycles. The molecule has 0 bridgehead atoms. The summed E-state index contributed by atoms with van der Waals surface area (Å²) in [7, 11) is 0. The Balaban J connectivity index is 3.20. The van der Waals surface area contributed by atoms with E-state index in [0.717, 1.165) is 0 Å². The molecule has 1 aliphatic rings. The second-order valence-electron chi connectivity index (χ2n) is 3.09. The SMILES string of the molecule is CC1CC=C(C(=O)O)C(Cl)=C1C(=O)O. The lowest BCUT2D eigenvalue weighted by molar-refractivity contribution is -0.133. The number of allylic oxidation sites excluding steroid dienone is 1. The van der Waals surface area contributed by atoms with Gasteiger partial charge in [0.15, 0.2) is 0 Å². The van der Waals surface area contributed by atoms with Crippen molar-refractivity contribution in [3.8, 4) is 0 Å². The van der Waals surface area contributed by atoms with Gasteiger partial charge in [-0.05, 0) is 12.3 Å². The Bertz CT molecular complexity index is 354. The molecular weight excluding hydrogens is 208 g/mol. The molecule has 1 atom stereocenters. The van der Waals surface area contributed by atoms with Crippen LogP contribution in [0.4, 0.5) is 0 Å². The third-order valence-corrected chi connectivity index (χ3v) is 2.51. The van der Waals surface area contributed by atoms with Crippen LogP contribution in [0.2, 0.25) is 0 Å². The van der Waals surface area contributed by atoms with Crippen molar-refractivity contribution in [3.05, 3.63) is 22.3 Å². The van der Waals surface area contributed by atoms with Crippen LogP contribution in [-0.4, -0.2) is 22.2 Å². The second-order valence-corrected chi connectivity index (χ2v) is 3.47. The van der Waals surface area contributed by atoms with Gasteiger partial charge in [-0.15, -0.1) is 0 Å². The quantitative estimate of drug-likeness (QED) is 0.736. The predicted molar refractivity (Wildman–Crippen MR) is 50.0 cm³/mol. The summed E-state index contributed by atoms with van der Waals surface area (Å²) in [5.74, 6) is -2.60. The lowest BCUT2D eigenvalue weighted by Gasteiger charge is -2.18. The van der Waals surface area contributed by atoms with E-state index in [4.69, 9.17) is 21.8 Å². The zero-order valence-electron chi connectivity index (χ0n) is 7.45. The van der Waals surface area contributed by atoms with Gasteiger partial charge in [-0.25, -0.2) is 9.59 Å². The number of rotatable bonds is 2. The molecule has 1 unspecified atom stereocenters. The summed E-state index contributed by atoms with van der Waals surface area (Å²) in [6.07, 6.45) is 1.83. The molecule has 14 heavy (non-hydrogen) atoms. The second kappa shape index (κ2) is 3.84. The van der Waals surface area contributed by atoms with Crippen molar-refractivity contribution in [3.63, 3.8) is 0 Å². The fraction of sp³-hybridized carbons (Fsp3) is 0.333. The van der Waals surface area contributed by atoms with Crippen molar-refractivity contribution in [1.29, 1.82) is 0 Å². The number of hydrogen-bond acceptors (Lipinski definition) is 2. The normalized spacial score (nSPS) is 21.9. The van der Waals surface area contributed by atoms with Crippen LogP contribution in [0.5, 0.6) is 0 Å². The third kappa shape index (κ3) is 1.80. The number of carboxylic acid groups (broad SMARTS) is 2. The fourth-order valence-corrected chi connectivity index (χ4v) is 1.77. The van der Waals surface area contributed by atoms with Gasteiger partial charge in [0.25, 0.3) is 0 Å². The molecule has 0 amide bonds. The molecule has 5 heteroatoms. The average Bonchev–Trinajstić information content (AvgIpc) is 2.02. The lowest BCUT2D eigenvalue weighted by Crippen LogP contribution is -2.18. The molecule has 0 saturated heterocycles. The smallest absolute Gasteiger partial charge is 0.336 e. The summed E-state index contributed by atoms with van der Waals surface area (Å²) >= 11 is 5.68. The van der Waals surface area contributed by atoms with Crippen molar-refractivity contribution in [1.82, 2.24) is 0 Å². The maximum atomic E-state index is 10.8. The van der Waals surface area contributed by atoms with Gasteiger partial charge in [-0.2, -0.15) is 0 Å². The highest BCUT2D eigenvalue weighted by molar-refractivity contribution is 6.37. The molecule has 2 N–H and O–H groups in total. The topological polar surface area (TPSA) is 74.6 Å². The summed E-state index contributed by atoms with van der Waals surface area (Å²) in [6.45, 7) is 1.70. The van der Waals surface area contributed by atoms with Gasteiger partial charge < -0.3 is 10.2 Å². The van der Waals surface area contributed by atoms with Crippen LogP contribution >= 0.6 is 11.6 Å². The fourth-order valence-electron chi connectivity index (χ4n) is 1.35. The van der Waals surface area contributed by atoms with Crippen LogP contribution < -0.4 is 0 Å². The molecule has 76 valence electrons. The molecule has 0 aromatic carbocycles. The van der Waals surface area contributed by atoms with E-state index < -0.39 is 11.9 Å². The molecule has 1 aliphatic carbocycles. The molecule has 0 fully saturated rings. The lowest BCUT2D eigenvalue weighted by atomic mass is 9.89. The van der Waals surface area contributed by atoms with Gasteiger partial charge in [0, 0.05) is 0 Å². The molecule has 1 rings (SSSR count). The van der Waals surface area contributed by atoms with Gasteiger partial charge in [0.2, 0.25) is 0 Å². The first-order valence-corrected chi connectivity index (χ1v) is 4.39. The van der Waals surface area contributed by atoms with Crippen LogP contribution in [0, 0.1) is 5.92 Å². The molecule has 0 spiro atoms. The summed E-state index contributed by atoms with van der Waals surface area (Å²) < 4.78 is 0. The summed E-state index contributed by atoms with van der Waals surface area (Å²) in [5.41, 5.74) is -0.145. The highest BCUT2D eigenvalue weighted by atomic mass is 35.5. The van der Waals surface area contributed by atoms with E-state index in [2.05, 4.69) is 0 Å². The van der Waals surface area contributed by atoms with Crippen molar-refractivity contribution >= 4 is 23.5 Å². The minimum atomic E-state index is -1.19. The minimum Gasteiger partial charge on any atom is -0.478 e. The predicted octanol–water partition coefficient (Wildman–Crippen LogP) is 1.61. The van der Waals surface area contributed by atoms with E-state index in [1.165, 1.54) is 6.08 Å². The van der Waals surface area contributed by atoms with Crippen molar-refractivity contribution < 1.29 is 19.8 Å². The van der Waals surface area contributed by atoms with Gasteiger partial charge in [0.1, 0.15) is 0 Å². The Morgan fingerprint density at radius 1 is 1.43 bits per heavy atom. The Hall–Kier alpha value is -1.29. The molecule has 0 aliphatic heterocycles. The standard InChI is InChI=1S/C9H9ClO4/c1-4-2-3-5(8(11)12)7(10)6(4)9(13)14/h3-4H,2H2,1H3,(H,11,12)(H,13,14). The Morgan fingerprint density at radius 3 is 2.43 bits per heavy atom. The molecular formula is C9H9ClO4. The largest absolute Gasteiger partial charge is 0.478 e. The number of halogens is 1. The van der Waals surface area contributed by atoms with Crippen molar-refractivity contribution in [2.24, 2.45) is 5.92 Å². The number of aliphatic carboxylic acids is 2. The van der Waals surface area contributed by atoms with Gasteiger partial charge in [-0.3, -0.25) is 0 Å². The number of carboxylic acids is 2. The highest BCUT2D eigenvalue weighted by Gasteiger charge is 2.28. The molecule has 0 saturated carbocycles. The minimum absolute atomic E-state index is 0.0217. The monoisotopic (exact) mass is 216 g/mol. The van der Waals surface area contributed by atoms with E-state index in [1.807, 2.05) is 0 Å². The highest BCUT2D eigenvalue weighted by Crippen LogP contribution is 2.32. The molecule has 0 radical (unpaired) electrons. The van der Waals surface area contributed by atoms with E-state index in [0.29, 0.717) is 6.42 Å². The zero-order valence-corrected chi connectivity index (χ0v) is 8.21. The maximum Gasteiger partial charge on any atom is 0.336 e. The maximum absolute atomic E-state index is 10.8. The van der Waals surface area contributed by atoms with Crippen LogP contribution in [0.1, 0.15) is 13.3 Å². The van der Waals surface area contributed by atoms with Crippen LogP contribution in [-0.2, 0) is 9.59 Å². The first-order chi connectivity index (χ1) is 6.45. The Kier molecular flexibility index (Phi) is 2.96. The summed E-state index contributed by atoms with van der Waals surface area (Å²) in [4.78, 5) is 21.4. The Labute approximate surface area is 85.5 Å². The van der Waals surface area contributed by atoms with E-state index in [-0.39, 0.29) is 22.1 Å². The molecule has 0 aromatic rings. The first-order valence-electron chi connectivity index (χ1n) is 4.02. The van der Waals surface area contributed by atoms with E-state index in [9.17, 15) is 9.59 Å². The number of hydrogen-bond donors (Lipinski definition) is 2. The van der Waals surface area contributed by atoms with Crippen LogP contribution in [0.3, 0.4) is 0 Å². The summed E-state index contributed by atoms with van der Waals surface area (Å²) in [6, 6.07) is 0. The molecule has 4 nitrogen and oxygen atoms in total. The third-order valence-electron chi connectivity index (χ3n) is 2.10. The van der Waals surface area contributed by atoms with Gasteiger partial charge in [0.05, 0.1) is 16.2 Å². The summed E-state index contributed by atoms with van der Waals surface area (Å²) in [5, 5.41) is 17.4. The van der Waals surface area contributed by atoms with Gasteiger partial charge >= 0.3 is 11.9 Å². The van der Waals surface area contributed by atoms with E-state index in [1.54, 1.807) is 6.92 Å². The zero-order chi connectivity index (χ0) is 10.9. The molecule has 0 heterocycles. The van der Waals surface area contributed by atoms with Crippen molar-refractivity contribution in [2.45, 2.75) is 13.3 Å². The van der Waals surface area contributed by atoms with Gasteiger partial charge in [-0.1, -0.05) is 24.6 Å². The first kappa shape index (κ1) is 10.8. The van der Waals surface area contributed by atoms with Crippen LogP contribution in [0.15, 0.2) is 22.3 Å². The van der Waals surface area contributed by atoms with E-state index >= 15 is 0 Å². The number of carbonyl (C=O) groups is 2. The van der Waals surface area contributed by atoms with Crippen LogP contribution in [0.25, 0.3) is 0 Å². The van der Waals surface area contributed by atoms with Crippen molar-refractivity contribution in [2.75, 3.05) is 0 Å². The Morgan fingerprint density at radius 2 is 2.00 bits per heavy atom.